The van der Waals surface area contributed by atoms with Crippen molar-refractivity contribution in [2.24, 2.45) is 5.73 Å². The van der Waals surface area contributed by atoms with Crippen LogP contribution >= 0.6 is 0 Å². The van der Waals surface area contributed by atoms with Gasteiger partial charge in [-0.1, -0.05) is 6.07 Å². The molecule has 58 valence electrons. The lowest BCUT2D eigenvalue weighted by Crippen LogP contribution is -2.18. The molecule has 1 heterocycles. The maximum absolute atomic E-state index is 12.9. The lowest BCUT2D eigenvalue weighted by atomic mass is 10.2. The molecule has 2 rings (SSSR count). The van der Waals surface area contributed by atoms with Crippen LogP contribution in [0.25, 0.3) is 0 Å². The largest absolute Gasteiger partial charge is 0.320 e. The van der Waals surface area contributed by atoms with Crippen LogP contribution in [0.4, 0.5) is 4.39 Å². The Morgan fingerprint density at radius 1 is 1.64 bits per heavy atom. The van der Waals surface area contributed by atoms with E-state index in [4.69, 9.17) is 5.73 Å². The summed E-state index contributed by atoms with van der Waals surface area (Å²) in [6.07, 6.45) is 1.13. The van der Waals surface area contributed by atoms with Gasteiger partial charge < -0.3 is 5.73 Å². The average molecular weight is 152 g/mol. The lowest BCUT2D eigenvalue weighted by molar-refractivity contribution is 0.301. The van der Waals surface area contributed by atoms with E-state index in [0.717, 1.165) is 11.3 Å². The molecule has 0 saturated heterocycles. The third-order valence-electron chi connectivity index (χ3n) is 2.05. The van der Waals surface area contributed by atoms with Crippen LogP contribution in [-0.2, 0) is 6.42 Å². The number of pyridine rings is 1. The molecule has 1 aromatic rings. The maximum Gasteiger partial charge on any atom is 0.125 e. The molecular formula is C8H9FN2. The van der Waals surface area contributed by atoms with Crippen molar-refractivity contribution in [1.82, 2.24) is 4.98 Å². The molecule has 0 amide bonds. The molecule has 0 aliphatic heterocycles. The van der Waals surface area contributed by atoms with E-state index in [9.17, 15) is 4.39 Å². The standard InChI is InChI=1S/C8H9FN2/c9-6-4-5-2-1-3-11-8(5)7(6)10/h1-3,6-7H,4,10H2/t6-,7+/m1/s1. The fourth-order valence-corrected chi connectivity index (χ4v) is 1.43. The minimum atomic E-state index is -0.945. The first kappa shape index (κ1) is 6.73. The van der Waals surface area contributed by atoms with Crippen molar-refractivity contribution < 1.29 is 4.39 Å². The zero-order valence-electron chi connectivity index (χ0n) is 6.00. The predicted octanol–water partition coefficient (Wildman–Crippen LogP) is 0.976. The Labute approximate surface area is 64.2 Å². The highest BCUT2D eigenvalue weighted by atomic mass is 19.1. The first-order chi connectivity index (χ1) is 5.29. The summed E-state index contributed by atoms with van der Waals surface area (Å²) in [4.78, 5) is 4.03. The molecule has 1 aliphatic rings. The Bertz CT molecular complexity index is 275. The number of hydrogen-bond acceptors (Lipinski definition) is 2. The second kappa shape index (κ2) is 2.27. The highest BCUT2D eigenvalue weighted by molar-refractivity contribution is 5.29. The van der Waals surface area contributed by atoms with Crippen LogP contribution in [0.15, 0.2) is 18.3 Å². The second-order valence-corrected chi connectivity index (χ2v) is 2.79. The van der Waals surface area contributed by atoms with E-state index in [1.54, 1.807) is 6.20 Å². The van der Waals surface area contributed by atoms with Gasteiger partial charge in [-0.2, -0.15) is 0 Å². The summed E-state index contributed by atoms with van der Waals surface area (Å²) >= 11 is 0. The Hall–Kier alpha value is -0.960. The number of aromatic nitrogens is 1. The van der Waals surface area contributed by atoms with E-state index in [1.807, 2.05) is 12.1 Å². The molecule has 0 aromatic carbocycles. The van der Waals surface area contributed by atoms with Gasteiger partial charge in [0.05, 0.1) is 11.7 Å². The molecule has 2 N–H and O–H groups in total. The van der Waals surface area contributed by atoms with Crippen molar-refractivity contribution in [3.05, 3.63) is 29.6 Å². The topological polar surface area (TPSA) is 38.9 Å². The van der Waals surface area contributed by atoms with Crippen molar-refractivity contribution >= 4 is 0 Å². The monoisotopic (exact) mass is 152 g/mol. The van der Waals surface area contributed by atoms with Gasteiger partial charge in [-0.25, -0.2) is 4.39 Å². The van der Waals surface area contributed by atoms with Gasteiger partial charge in [0.25, 0.3) is 0 Å². The molecule has 0 bridgehead atoms. The summed E-state index contributed by atoms with van der Waals surface area (Å²) in [6.45, 7) is 0. The smallest absolute Gasteiger partial charge is 0.125 e. The van der Waals surface area contributed by atoms with E-state index in [0.29, 0.717) is 6.42 Å². The fourth-order valence-electron chi connectivity index (χ4n) is 1.43. The highest BCUT2D eigenvalue weighted by Crippen LogP contribution is 2.29. The predicted molar refractivity (Wildman–Crippen MR) is 39.8 cm³/mol. The molecule has 2 nitrogen and oxygen atoms in total. The second-order valence-electron chi connectivity index (χ2n) is 2.79. The zero-order valence-corrected chi connectivity index (χ0v) is 6.00. The van der Waals surface area contributed by atoms with Crippen LogP contribution in [-0.4, -0.2) is 11.2 Å². The molecule has 0 saturated carbocycles. The lowest BCUT2D eigenvalue weighted by Gasteiger charge is -2.04. The number of nitrogens with zero attached hydrogens (tertiary/aromatic N) is 1. The molecule has 0 fully saturated rings. The minimum absolute atomic E-state index is 0.421. The van der Waals surface area contributed by atoms with E-state index in [1.165, 1.54) is 0 Å². The Morgan fingerprint density at radius 2 is 2.45 bits per heavy atom. The van der Waals surface area contributed by atoms with Crippen LogP contribution in [0.2, 0.25) is 0 Å². The first-order valence-corrected chi connectivity index (χ1v) is 3.62. The van der Waals surface area contributed by atoms with Crippen LogP contribution in [0.3, 0.4) is 0 Å². The Balaban J connectivity index is 2.47. The van der Waals surface area contributed by atoms with Crippen molar-refractivity contribution in [3.8, 4) is 0 Å². The van der Waals surface area contributed by atoms with Crippen LogP contribution in [0.5, 0.6) is 0 Å². The normalized spacial score (nSPS) is 28.5. The molecule has 0 unspecified atom stereocenters. The van der Waals surface area contributed by atoms with Crippen LogP contribution in [0, 0.1) is 0 Å². The Kier molecular flexibility index (Phi) is 1.39. The molecule has 3 heteroatoms. The molecular weight excluding hydrogens is 143 g/mol. The summed E-state index contributed by atoms with van der Waals surface area (Å²) in [6, 6.07) is 3.18. The van der Waals surface area contributed by atoms with Gasteiger partial charge in [-0.3, -0.25) is 4.98 Å². The van der Waals surface area contributed by atoms with E-state index in [-0.39, 0.29) is 0 Å². The zero-order chi connectivity index (χ0) is 7.84. The number of halogens is 1. The average Bonchev–Trinajstić information content (AvgIpc) is 2.30. The van der Waals surface area contributed by atoms with Crippen molar-refractivity contribution in [3.63, 3.8) is 0 Å². The van der Waals surface area contributed by atoms with E-state index in [2.05, 4.69) is 4.98 Å². The van der Waals surface area contributed by atoms with Gasteiger partial charge >= 0.3 is 0 Å². The molecule has 1 aliphatic carbocycles. The maximum atomic E-state index is 12.9. The molecule has 1 aromatic heterocycles. The summed E-state index contributed by atoms with van der Waals surface area (Å²) in [5.41, 5.74) is 7.23. The third kappa shape index (κ3) is 0.922. The molecule has 0 spiro atoms. The highest BCUT2D eigenvalue weighted by Gasteiger charge is 2.30. The van der Waals surface area contributed by atoms with E-state index < -0.39 is 12.2 Å². The minimum Gasteiger partial charge on any atom is -0.320 e. The number of alkyl halides is 1. The summed E-state index contributed by atoms with van der Waals surface area (Å²) in [7, 11) is 0. The number of hydrogen-bond donors (Lipinski definition) is 1. The van der Waals surface area contributed by atoms with Gasteiger partial charge in [-0.05, 0) is 11.6 Å². The van der Waals surface area contributed by atoms with Gasteiger partial charge in [-0.15, -0.1) is 0 Å². The molecule has 0 radical (unpaired) electrons. The number of rotatable bonds is 0. The van der Waals surface area contributed by atoms with Crippen LogP contribution < -0.4 is 5.73 Å². The van der Waals surface area contributed by atoms with Crippen molar-refractivity contribution in [2.45, 2.75) is 18.6 Å². The summed E-state index contributed by atoms with van der Waals surface area (Å²) in [5, 5.41) is 0. The summed E-state index contributed by atoms with van der Waals surface area (Å²) < 4.78 is 12.9. The molecule has 11 heavy (non-hydrogen) atoms. The van der Waals surface area contributed by atoms with Gasteiger partial charge in [0.15, 0.2) is 0 Å². The first-order valence-electron chi connectivity index (χ1n) is 3.62. The van der Waals surface area contributed by atoms with Crippen LogP contribution in [0.1, 0.15) is 17.3 Å². The Morgan fingerprint density at radius 3 is 3.18 bits per heavy atom. The number of fused-ring (bicyclic) bond motifs is 1. The summed E-state index contributed by atoms with van der Waals surface area (Å²) in [5.74, 6) is 0. The third-order valence-corrected chi connectivity index (χ3v) is 2.05. The van der Waals surface area contributed by atoms with Gasteiger partial charge in [0.1, 0.15) is 6.17 Å². The SMILES string of the molecule is N[C@@H]1c2ncccc2C[C@H]1F. The van der Waals surface area contributed by atoms with Crippen molar-refractivity contribution in [1.29, 1.82) is 0 Å². The van der Waals surface area contributed by atoms with Gasteiger partial charge in [0.2, 0.25) is 0 Å². The van der Waals surface area contributed by atoms with E-state index >= 15 is 0 Å². The quantitative estimate of drug-likeness (QED) is 0.601. The van der Waals surface area contributed by atoms with Crippen molar-refractivity contribution in [2.75, 3.05) is 0 Å². The molecule has 2 atom stereocenters. The fraction of sp³-hybridized carbons (Fsp3) is 0.375. The van der Waals surface area contributed by atoms with Gasteiger partial charge in [0, 0.05) is 12.6 Å². The number of nitrogens with two attached hydrogens (primary N) is 1.